The molecule has 4 aromatic rings. The molecular weight excluding hydrogens is 599 g/mol. The van der Waals surface area contributed by atoms with Crippen LogP contribution in [0.25, 0.3) is 0 Å². The molecule has 1 aliphatic carbocycles. The van der Waals surface area contributed by atoms with Gasteiger partial charge < -0.3 is 14.7 Å². The van der Waals surface area contributed by atoms with Crippen LogP contribution in [0.3, 0.4) is 0 Å². The summed E-state index contributed by atoms with van der Waals surface area (Å²) < 4.78 is 5.49. The normalized spacial score (nSPS) is 18.6. The fourth-order valence-electron chi connectivity index (χ4n) is 7.66. The van der Waals surface area contributed by atoms with E-state index in [4.69, 9.17) is 16.3 Å². The molecule has 1 saturated carbocycles. The van der Waals surface area contributed by atoms with E-state index in [-0.39, 0.29) is 30.3 Å². The van der Waals surface area contributed by atoms with Crippen molar-refractivity contribution < 1.29 is 9.84 Å². The van der Waals surface area contributed by atoms with Crippen LogP contribution in [0.2, 0.25) is 5.02 Å². The topological polar surface area (TPSA) is 35.9 Å². The lowest BCUT2D eigenvalue weighted by Crippen LogP contribution is -2.52. The Morgan fingerprint density at radius 3 is 1.82 bits per heavy atom. The van der Waals surface area contributed by atoms with Gasteiger partial charge in [-0.25, -0.2) is 0 Å². The molecule has 0 radical (unpaired) electrons. The van der Waals surface area contributed by atoms with Crippen LogP contribution in [0.4, 0.5) is 0 Å². The maximum Gasteiger partial charge on any atom is 0.118 e. The van der Waals surface area contributed by atoms with E-state index in [1.54, 1.807) is 7.11 Å². The van der Waals surface area contributed by atoms with Crippen molar-refractivity contribution in [3.8, 4) is 5.75 Å². The predicted octanol–water partition coefficient (Wildman–Crippen LogP) is 8.73. The zero-order valence-electron chi connectivity index (χ0n) is 26.2. The Bertz CT molecular complexity index is 1400. The van der Waals surface area contributed by atoms with Gasteiger partial charge in [-0.15, -0.1) is 12.4 Å². The van der Waals surface area contributed by atoms with Crippen LogP contribution in [0.5, 0.6) is 5.75 Å². The summed E-state index contributed by atoms with van der Waals surface area (Å²) in [5, 5.41) is 13.8. The third kappa shape index (κ3) is 7.59. The summed E-state index contributed by atoms with van der Waals surface area (Å²) in [6.45, 7) is 4.61. The number of benzene rings is 4. The SMILES string of the molecule is COc1ccc(C(O)(C2CCCCC2)C(CN2CCN(C(c3ccccc3)c3ccccc3)CC2)c2ccc(Cl)cc2)cc1.Cl. The Hall–Kier alpha value is -2.86. The van der Waals surface area contributed by atoms with Gasteiger partial charge >= 0.3 is 0 Å². The molecule has 2 unspecified atom stereocenters. The summed E-state index contributed by atoms with van der Waals surface area (Å²) in [5.41, 5.74) is 3.78. The van der Waals surface area contributed by atoms with Crippen LogP contribution in [0, 0.1) is 5.92 Å². The quantitative estimate of drug-likeness (QED) is 0.187. The number of nitrogens with zero attached hydrogens (tertiary/aromatic N) is 2. The van der Waals surface area contributed by atoms with Gasteiger partial charge in [-0.3, -0.25) is 4.90 Å². The summed E-state index contributed by atoms with van der Waals surface area (Å²) in [6, 6.07) is 38.3. The van der Waals surface area contributed by atoms with Crippen LogP contribution < -0.4 is 4.74 Å². The molecule has 45 heavy (non-hydrogen) atoms. The van der Waals surface area contributed by atoms with E-state index in [9.17, 15) is 5.11 Å². The second-order valence-electron chi connectivity index (χ2n) is 12.6. The summed E-state index contributed by atoms with van der Waals surface area (Å²) in [7, 11) is 1.69. The minimum atomic E-state index is -1.01. The summed E-state index contributed by atoms with van der Waals surface area (Å²) in [5.74, 6) is 0.902. The highest BCUT2D eigenvalue weighted by molar-refractivity contribution is 6.30. The lowest BCUT2D eigenvalue weighted by Gasteiger charge is -2.47. The summed E-state index contributed by atoms with van der Waals surface area (Å²) >= 11 is 6.38. The van der Waals surface area contributed by atoms with Crippen molar-refractivity contribution in [2.24, 2.45) is 5.92 Å². The molecule has 2 fully saturated rings. The number of hydrogen-bond acceptors (Lipinski definition) is 4. The van der Waals surface area contributed by atoms with Crippen molar-refractivity contribution in [1.82, 2.24) is 9.80 Å². The Morgan fingerprint density at radius 2 is 1.29 bits per heavy atom. The van der Waals surface area contributed by atoms with Gasteiger partial charge in [0, 0.05) is 43.7 Å². The fraction of sp³-hybridized carbons (Fsp3) is 0.385. The first-order chi connectivity index (χ1) is 21.6. The summed E-state index contributed by atoms with van der Waals surface area (Å²) in [4.78, 5) is 5.19. The molecular formula is C39H46Cl2N2O2. The molecule has 6 rings (SSSR count). The van der Waals surface area contributed by atoms with Crippen molar-refractivity contribution in [3.05, 3.63) is 136 Å². The van der Waals surface area contributed by atoms with Crippen LogP contribution in [-0.2, 0) is 5.60 Å². The molecule has 6 heteroatoms. The average molecular weight is 646 g/mol. The third-order valence-corrected chi connectivity index (χ3v) is 10.3. The Balaban J connectivity index is 0.00000400. The van der Waals surface area contributed by atoms with E-state index in [2.05, 4.69) is 94.7 Å². The van der Waals surface area contributed by atoms with Crippen molar-refractivity contribution in [2.75, 3.05) is 39.8 Å². The van der Waals surface area contributed by atoms with E-state index < -0.39 is 5.60 Å². The van der Waals surface area contributed by atoms with Gasteiger partial charge in [0.1, 0.15) is 11.4 Å². The number of ether oxygens (including phenoxy) is 1. The number of halogens is 2. The number of hydrogen-bond donors (Lipinski definition) is 1. The second-order valence-corrected chi connectivity index (χ2v) is 13.0. The van der Waals surface area contributed by atoms with Gasteiger partial charge in [0.2, 0.25) is 0 Å². The number of aliphatic hydroxyl groups is 1. The van der Waals surface area contributed by atoms with Crippen LogP contribution >= 0.6 is 24.0 Å². The van der Waals surface area contributed by atoms with Gasteiger partial charge in [0.15, 0.2) is 0 Å². The van der Waals surface area contributed by atoms with Gasteiger partial charge in [0.05, 0.1) is 13.2 Å². The maximum atomic E-state index is 13.1. The minimum Gasteiger partial charge on any atom is -0.497 e. The van der Waals surface area contributed by atoms with E-state index in [0.717, 1.165) is 80.3 Å². The van der Waals surface area contributed by atoms with E-state index >= 15 is 0 Å². The molecule has 0 bridgehead atoms. The molecule has 1 saturated heterocycles. The number of methoxy groups -OCH3 is 1. The minimum absolute atomic E-state index is 0. The monoisotopic (exact) mass is 644 g/mol. The van der Waals surface area contributed by atoms with Gasteiger partial charge in [-0.2, -0.15) is 0 Å². The van der Waals surface area contributed by atoms with Crippen molar-refractivity contribution in [1.29, 1.82) is 0 Å². The molecule has 4 aromatic carbocycles. The van der Waals surface area contributed by atoms with Crippen LogP contribution in [-0.4, -0.2) is 54.7 Å². The molecule has 238 valence electrons. The Kier molecular flexibility index (Phi) is 11.6. The largest absolute Gasteiger partial charge is 0.497 e. The Labute approximate surface area is 280 Å². The molecule has 0 amide bonds. The zero-order chi connectivity index (χ0) is 30.4. The first-order valence-corrected chi connectivity index (χ1v) is 16.6. The van der Waals surface area contributed by atoms with E-state index in [1.807, 2.05) is 24.3 Å². The molecule has 1 aliphatic heterocycles. The van der Waals surface area contributed by atoms with E-state index in [0.29, 0.717) is 0 Å². The molecule has 1 N–H and O–H groups in total. The third-order valence-electron chi connectivity index (χ3n) is 10.0. The predicted molar refractivity (Wildman–Crippen MR) is 188 cm³/mol. The molecule has 2 atom stereocenters. The smallest absolute Gasteiger partial charge is 0.118 e. The van der Waals surface area contributed by atoms with Crippen LogP contribution in [0.1, 0.15) is 66.3 Å². The number of rotatable bonds is 10. The highest BCUT2D eigenvalue weighted by Gasteiger charge is 2.47. The molecule has 2 aliphatic rings. The van der Waals surface area contributed by atoms with Crippen LogP contribution in [0.15, 0.2) is 109 Å². The van der Waals surface area contributed by atoms with Crippen molar-refractivity contribution in [3.63, 3.8) is 0 Å². The molecule has 4 nitrogen and oxygen atoms in total. The first kappa shape index (κ1) is 33.5. The van der Waals surface area contributed by atoms with Crippen molar-refractivity contribution in [2.45, 2.75) is 49.7 Å². The van der Waals surface area contributed by atoms with Gasteiger partial charge in [-0.1, -0.05) is 116 Å². The maximum absolute atomic E-state index is 13.1. The molecule has 0 aromatic heterocycles. The van der Waals surface area contributed by atoms with Gasteiger partial charge in [-0.05, 0) is 65.3 Å². The lowest BCUT2D eigenvalue weighted by molar-refractivity contribution is -0.0725. The zero-order valence-corrected chi connectivity index (χ0v) is 27.8. The highest BCUT2D eigenvalue weighted by Crippen LogP contribution is 2.49. The summed E-state index contributed by atoms with van der Waals surface area (Å²) in [6.07, 6.45) is 5.64. The lowest BCUT2D eigenvalue weighted by atomic mass is 9.65. The van der Waals surface area contributed by atoms with E-state index in [1.165, 1.54) is 17.5 Å². The molecule has 1 heterocycles. The van der Waals surface area contributed by atoms with Crippen molar-refractivity contribution >= 4 is 24.0 Å². The highest BCUT2D eigenvalue weighted by atomic mass is 35.5. The fourth-order valence-corrected chi connectivity index (χ4v) is 7.79. The average Bonchev–Trinajstić information content (AvgIpc) is 3.09. The number of piperazine rings is 1. The Morgan fingerprint density at radius 1 is 0.733 bits per heavy atom. The molecule has 0 spiro atoms. The second kappa shape index (κ2) is 15.6. The first-order valence-electron chi connectivity index (χ1n) is 16.2. The standard InChI is InChI=1S/C39H45ClN2O2.ClH/c1-44-36-23-19-34(20-24-36)39(43,33-15-9-4-10-16-33)37(30-17-21-35(40)22-18-30)29-41-25-27-42(28-26-41)38(31-11-5-2-6-12-31)32-13-7-3-8-14-32;/h2-3,5-8,11-14,17-24,33,37-38,43H,4,9-10,15-16,25-29H2,1H3;1H. The van der Waals surface area contributed by atoms with Gasteiger partial charge in [0.25, 0.3) is 0 Å².